The second-order valence-corrected chi connectivity index (χ2v) is 4.69. The minimum atomic E-state index is -0.422. The third-order valence-electron chi connectivity index (χ3n) is 2.71. The van der Waals surface area contributed by atoms with Crippen molar-refractivity contribution in [3.05, 3.63) is 47.2 Å². The second kappa shape index (κ2) is 5.75. The van der Waals surface area contributed by atoms with E-state index < -0.39 is 5.91 Å². The van der Waals surface area contributed by atoms with E-state index in [1.165, 1.54) is 4.68 Å². The summed E-state index contributed by atoms with van der Waals surface area (Å²) >= 11 is 6.14. The Kier molecular flexibility index (Phi) is 4.06. The van der Waals surface area contributed by atoms with Gasteiger partial charge >= 0.3 is 0 Å². The fourth-order valence-corrected chi connectivity index (χ4v) is 2.14. The average Bonchev–Trinajstić information content (AvgIpc) is 2.76. The lowest BCUT2D eigenvalue weighted by Gasteiger charge is -2.15. The third-order valence-corrected chi connectivity index (χ3v) is 3.05. The van der Waals surface area contributed by atoms with Crippen LogP contribution in [0.1, 0.15) is 18.5 Å². The normalized spacial score (nSPS) is 12.1. The number of nitrogens with one attached hydrogen (secondary N) is 1. The van der Waals surface area contributed by atoms with Crippen LogP contribution in [0.3, 0.4) is 0 Å². The van der Waals surface area contributed by atoms with Crippen molar-refractivity contribution in [2.75, 3.05) is 5.32 Å². The minimum Gasteiger partial charge on any atom is -0.376 e. The number of halogens is 1. The first kappa shape index (κ1) is 13.4. The van der Waals surface area contributed by atoms with Gasteiger partial charge in [-0.15, -0.1) is 0 Å². The molecule has 0 bridgehead atoms. The molecule has 0 aliphatic rings. The Morgan fingerprint density at radius 2 is 2.26 bits per heavy atom. The number of hydrogen-bond acceptors (Lipinski definition) is 3. The zero-order chi connectivity index (χ0) is 13.8. The van der Waals surface area contributed by atoms with Crippen LogP contribution in [0.4, 0.5) is 5.69 Å². The van der Waals surface area contributed by atoms with Gasteiger partial charge in [-0.3, -0.25) is 9.48 Å². The number of aromatic nitrogens is 2. The van der Waals surface area contributed by atoms with Crippen LogP contribution in [0.2, 0.25) is 5.02 Å². The molecule has 5 nitrogen and oxygen atoms in total. The van der Waals surface area contributed by atoms with Gasteiger partial charge in [0.2, 0.25) is 5.91 Å². The van der Waals surface area contributed by atoms with E-state index in [-0.39, 0.29) is 12.6 Å². The predicted octanol–water partition coefficient (Wildman–Crippen LogP) is 2.19. The highest BCUT2D eigenvalue weighted by Gasteiger charge is 2.10. The van der Waals surface area contributed by atoms with E-state index in [1.54, 1.807) is 12.4 Å². The van der Waals surface area contributed by atoms with Gasteiger partial charge in [0, 0.05) is 11.2 Å². The van der Waals surface area contributed by atoms with Crippen molar-refractivity contribution in [1.29, 1.82) is 0 Å². The van der Waals surface area contributed by atoms with Gasteiger partial charge in [-0.25, -0.2) is 0 Å². The van der Waals surface area contributed by atoms with E-state index in [0.717, 1.165) is 11.3 Å². The van der Waals surface area contributed by atoms with Crippen LogP contribution < -0.4 is 11.1 Å². The molecule has 0 saturated carbocycles. The second-order valence-electron chi connectivity index (χ2n) is 4.28. The van der Waals surface area contributed by atoms with Crippen LogP contribution in [0, 0.1) is 0 Å². The molecule has 100 valence electrons. The van der Waals surface area contributed by atoms with Gasteiger partial charge in [0.1, 0.15) is 6.54 Å². The first-order chi connectivity index (χ1) is 9.06. The van der Waals surface area contributed by atoms with Gasteiger partial charge in [-0.05, 0) is 18.6 Å². The molecule has 0 fully saturated rings. The Morgan fingerprint density at radius 1 is 1.53 bits per heavy atom. The number of carbonyl (C=O) groups is 1. The Hall–Kier alpha value is -2.01. The number of rotatable bonds is 5. The molecule has 0 radical (unpaired) electrons. The molecule has 1 atom stereocenters. The number of hydrogen-bond donors (Lipinski definition) is 2. The highest BCUT2D eigenvalue weighted by atomic mass is 35.5. The molecule has 0 spiro atoms. The molecule has 1 aromatic carbocycles. The SMILES string of the molecule is CC(Nc1cnn(CC(N)=O)c1)c1ccccc1Cl. The zero-order valence-corrected chi connectivity index (χ0v) is 11.3. The fraction of sp³-hybridized carbons (Fsp3) is 0.231. The summed E-state index contributed by atoms with van der Waals surface area (Å²) in [5, 5.41) is 8.03. The summed E-state index contributed by atoms with van der Waals surface area (Å²) in [5.41, 5.74) is 6.93. The van der Waals surface area contributed by atoms with Gasteiger partial charge in [0.05, 0.1) is 17.9 Å². The summed E-state index contributed by atoms with van der Waals surface area (Å²) in [6, 6.07) is 7.69. The maximum atomic E-state index is 10.8. The molecule has 0 aliphatic heterocycles. The quantitative estimate of drug-likeness (QED) is 0.880. The summed E-state index contributed by atoms with van der Waals surface area (Å²) in [6.45, 7) is 2.08. The first-order valence-electron chi connectivity index (χ1n) is 5.88. The first-order valence-corrected chi connectivity index (χ1v) is 6.26. The topological polar surface area (TPSA) is 72.9 Å². The van der Waals surface area contributed by atoms with Crippen molar-refractivity contribution in [3.63, 3.8) is 0 Å². The molecule has 1 heterocycles. The Morgan fingerprint density at radius 3 is 2.95 bits per heavy atom. The summed E-state index contributed by atoms with van der Waals surface area (Å²) in [5.74, 6) is -0.422. The largest absolute Gasteiger partial charge is 0.376 e. The van der Waals surface area contributed by atoms with E-state index in [9.17, 15) is 4.79 Å². The van der Waals surface area contributed by atoms with E-state index in [0.29, 0.717) is 5.02 Å². The highest BCUT2D eigenvalue weighted by Crippen LogP contribution is 2.25. The maximum absolute atomic E-state index is 10.8. The average molecular weight is 279 g/mol. The van der Waals surface area contributed by atoms with Crippen molar-refractivity contribution in [2.24, 2.45) is 5.73 Å². The highest BCUT2D eigenvalue weighted by molar-refractivity contribution is 6.31. The summed E-state index contributed by atoms with van der Waals surface area (Å²) in [4.78, 5) is 10.8. The van der Waals surface area contributed by atoms with Gasteiger partial charge in [0.25, 0.3) is 0 Å². The minimum absolute atomic E-state index is 0.0416. The lowest BCUT2D eigenvalue weighted by molar-refractivity contribution is -0.118. The van der Waals surface area contributed by atoms with Crippen LogP contribution in [0.15, 0.2) is 36.7 Å². The molecule has 2 rings (SSSR count). The monoisotopic (exact) mass is 278 g/mol. The van der Waals surface area contributed by atoms with Crippen molar-refractivity contribution >= 4 is 23.2 Å². The Labute approximate surface area is 116 Å². The van der Waals surface area contributed by atoms with Crippen LogP contribution in [-0.4, -0.2) is 15.7 Å². The number of nitrogens with two attached hydrogens (primary N) is 1. The van der Waals surface area contributed by atoms with E-state index in [2.05, 4.69) is 10.4 Å². The predicted molar refractivity (Wildman–Crippen MR) is 74.9 cm³/mol. The molecular formula is C13H15ClN4O. The molecule has 0 saturated heterocycles. The molecule has 1 amide bonds. The van der Waals surface area contributed by atoms with Gasteiger partial charge in [-0.1, -0.05) is 29.8 Å². The molecule has 1 unspecified atom stereocenters. The molecule has 19 heavy (non-hydrogen) atoms. The molecule has 0 aliphatic carbocycles. The number of nitrogens with zero attached hydrogens (tertiary/aromatic N) is 2. The van der Waals surface area contributed by atoms with Gasteiger partial charge < -0.3 is 11.1 Å². The third kappa shape index (κ3) is 3.48. The maximum Gasteiger partial charge on any atom is 0.239 e. The summed E-state index contributed by atoms with van der Waals surface area (Å²) in [7, 11) is 0. The summed E-state index contributed by atoms with van der Waals surface area (Å²) < 4.78 is 1.49. The van der Waals surface area contributed by atoms with Crippen LogP contribution in [0.5, 0.6) is 0 Å². The van der Waals surface area contributed by atoms with Crippen LogP contribution in [-0.2, 0) is 11.3 Å². The van der Waals surface area contributed by atoms with Gasteiger partial charge in [0.15, 0.2) is 0 Å². The molecular weight excluding hydrogens is 264 g/mol. The number of benzene rings is 1. The van der Waals surface area contributed by atoms with Crippen molar-refractivity contribution in [2.45, 2.75) is 19.5 Å². The Bertz CT molecular complexity index is 582. The number of carbonyl (C=O) groups excluding carboxylic acids is 1. The van der Waals surface area contributed by atoms with Gasteiger partial charge in [-0.2, -0.15) is 5.10 Å². The number of anilines is 1. The van der Waals surface area contributed by atoms with E-state index in [1.807, 2.05) is 31.2 Å². The standard InChI is InChI=1S/C13H15ClN4O/c1-9(11-4-2-3-5-12(11)14)17-10-6-16-18(7-10)8-13(15)19/h2-7,9,17H,8H2,1H3,(H2,15,19). The van der Waals surface area contributed by atoms with E-state index >= 15 is 0 Å². The summed E-state index contributed by atoms with van der Waals surface area (Å²) in [6.07, 6.45) is 3.38. The molecule has 2 aromatic rings. The molecule has 1 aromatic heterocycles. The lowest BCUT2D eigenvalue weighted by atomic mass is 10.1. The molecule has 3 N–H and O–H groups in total. The van der Waals surface area contributed by atoms with Crippen molar-refractivity contribution < 1.29 is 4.79 Å². The van der Waals surface area contributed by atoms with Crippen LogP contribution in [0.25, 0.3) is 0 Å². The zero-order valence-electron chi connectivity index (χ0n) is 10.5. The number of amides is 1. The van der Waals surface area contributed by atoms with E-state index in [4.69, 9.17) is 17.3 Å². The lowest BCUT2D eigenvalue weighted by Crippen LogP contribution is -2.18. The van der Waals surface area contributed by atoms with Crippen molar-refractivity contribution in [3.8, 4) is 0 Å². The Balaban J connectivity index is 2.07. The number of primary amides is 1. The van der Waals surface area contributed by atoms with Crippen molar-refractivity contribution in [1.82, 2.24) is 9.78 Å². The van der Waals surface area contributed by atoms with Crippen LogP contribution >= 0.6 is 11.6 Å². The fourth-order valence-electron chi connectivity index (χ4n) is 1.84. The molecule has 6 heteroatoms. The smallest absolute Gasteiger partial charge is 0.239 e.